The first-order chi connectivity index (χ1) is 17.0. The maximum absolute atomic E-state index is 14.0. The highest BCUT2D eigenvalue weighted by molar-refractivity contribution is 8.03. The fourth-order valence-electron chi connectivity index (χ4n) is 4.42. The van der Waals surface area contributed by atoms with Crippen LogP contribution in [0, 0.1) is 45.4 Å². The minimum atomic E-state index is -1.62. The van der Waals surface area contributed by atoms with Gasteiger partial charge in [-0.2, -0.15) is 0 Å². The van der Waals surface area contributed by atoms with Crippen molar-refractivity contribution in [3.05, 3.63) is 89.0 Å². The number of carbonyl (C=O) groups is 1. The van der Waals surface area contributed by atoms with Gasteiger partial charge < -0.3 is 4.74 Å². The molecule has 0 saturated heterocycles. The smallest absolute Gasteiger partial charge is 0.314 e. The van der Waals surface area contributed by atoms with Crippen LogP contribution in [0.15, 0.2) is 76.5 Å². The SMILES string of the molecule is Cc1ccc([S@](=O)C([C@H](C(C)C)C(C)C(=O)Oc2c(C)cccc2C)[S@@](=O)c2ccc(C)cc2)cc1. The molecule has 3 rings (SSSR count). The van der Waals surface area contributed by atoms with Crippen LogP contribution >= 0.6 is 0 Å². The van der Waals surface area contributed by atoms with Gasteiger partial charge in [-0.25, -0.2) is 0 Å². The summed E-state index contributed by atoms with van der Waals surface area (Å²) in [5, 5.41) is 0. The predicted molar refractivity (Wildman–Crippen MR) is 148 cm³/mol. The Morgan fingerprint density at radius 3 is 1.50 bits per heavy atom. The van der Waals surface area contributed by atoms with Gasteiger partial charge in [0, 0.05) is 15.7 Å². The van der Waals surface area contributed by atoms with E-state index in [1.54, 1.807) is 6.92 Å². The summed E-state index contributed by atoms with van der Waals surface area (Å²) < 4.78 is 33.2. The Kier molecular flexibility index (Phi) is 9.42. The lowest BCUT2D eigenvalue weighted by Gasteiger charge is -2.33. The largest absolute Gasteiger partial charge is 0.426 e. The molecule has 0 aliphatic heterocycles. The molecule has 4 nitrogen and oxygen atoms in total. The van der Waals surface area contributed by atoms with Crippen molar-refractivity contribution >= 4 is 27.6 Å². The number of ether oxygens (including phenoxy) is 1. The van der Waals surface area contributed by atoms with Crippen molar-refractivity contribution in [3.63, 3.8) is 0 Å². The van der Waals surface area contributed by atoms with Crippen molar-refractivity contribution in [2.75, 3.05) is 0 Å². The van der Waals surface area contributed by atoms with E-state index in [0.29, 0.717) is 15.5 Å². The standard InChI is InChI=1S/C30H36O4S2/c1-19(2)27(24(7)29(31)34-28-22(5)9-8-10-23(28)6)30(35(32)25-15-11-20(3)12-16-25)36(33)26-17-13-21(4)14-18-26/h8-19,24,27,30H,1-7H3/t24?,27-,35+,36+/m1/s1. The van der Waals surface area contributed by atoms with Gasteiger partial charge in [-0.05, 0) is 69.0 Å². The Hall–Kier alpha value is -2.57. The summed E-state index contributed by atoms with van der Waals surface area (Å²) in [6.45, 7) is 13.5. The highest BCUT2D eigenvalue weighted by Gasteiger charge is 2.42. The molecular formula is C30H36O4S2. The van der Waals surface area contributed by atoms with Crippen molar-refractivity contribution in [1.29, 1.82) is 0 Å². The van der Waals surface area contributed by atoms with Crippen LogP contribution in [0.2, 0.25) is 0 Å². The number of aryl methyl sites for hydroxylation is 4. The summed E-state index contributed by atoms with van der Waals surface area (Å²) >= 11 is 0. The minimum absolute atomic E-state index is 0.0701. The van der Waals surface area contributed by atoms with Crippen molar-refractivity contribution in [3.8, 4) is 5.75 Å². The molecule has 6 heteroatoms. The minimum Gasteiger partial charge on any atom is -0.426 e. The normalized spacial score (nSPS) is 14.9. The zero-order valence-electron chi connectivity index (χ0n) is 22.1. The molecule has 1 unspecified atom stereocenters. The highest BCUT2D eigenvalue weighted by Crippen LogP contribution is 2.36. The Morgan fingerprint density at radius 2 is 1.11 bits per heavy atom. The van der Waals surface area contributed by atoms with Crippen LogP contribution in [0.3, 0.4) is 0 Å². The first kappa shape index (κ1) is 28.0. The van der Waals surface area contributed by atoms with Gasteiger partial charge in [-0.1, -0.05) is 74.4 Å². The van der Waals surface area contributed by atoms with Gasteiger partial charge in [-0.3, -0.25) is 13.2 Å². The van der Waals surface area contributed by atoms with Crippen molar-refractivity contribution in [2.24, 2.45) is 17.8 Å². The van der Waals surface area contributed by atoms with E-state index in [2.05, 4.69) is 0 Å². The third kappa shape index (κ3) is 6.40. The molecule has 3 aromatic carbocycles. The second-order valence-corrected chi connectivity index (χ2v) is 13.3. The zero-order valence-corrected chi connectivity index (χ0v) is 23.7. The molecule has 0 fully saturated rings. The van der Waals surface area contributed by atoms with Crippen LogP contribution in [0.25, 0.3) is 0 Å². The summed E-state index contributed by atoms with van der Waals surface area (Å²) in [5.74, 6) is -1.01. The quantitative estimate of drug-likeness (QED) is 0.232. The van der Waals surface area contributed by atoms with Gasteiger partial charge in [0.1, 0.15) is 10.3 Å². The zero-order chi connectivity index (χ0) is 26.6. The first-order valence-corrected chi connectivity index (χ1v) is 14.7. The van der Waals surface area contributed by atoms with E-state index in [-0.39, 0.29) is 5.92 Å². The topological polar surface area (TPSA) is 60.4 Å². The molecule has 0 N–H and O–H groups in total. The molecule has 0 heterocycles. The summed E-state index contributed by atoms with van der Waals surface area (Å²) in [6.07, 6.45) is 0. The Labute approximate surface area is 220 Å². The monoisotopic (exact) mass is 524 g/mol. The molecule has 3 aromatic rings. The molecule has 4 atom stereocenters. The number of esters is 1. The summed E-state index contributed by atoms with van der Waals surface area (Å²) in [6, 6.07) is 20.6. The number of hydrogen-bond acceptors (Lipinski definition) is 4. The molecule has 0 aliphatic carbocycles. The lowest BCUT2D eigenvalue weighted by atomic mass is 9.85. The van der Waals surface area contributed by atoms with E-state index in [1.807, 2.05) is 108 Å². The van der Waals surface area contributed by atoms with Crippen LogP contribution in [0.4, 0.5) is 0 Å². The highest BCUT2D eigenvalue weighted by atomic mass is 32.2. The van der Waals surface area contributed by atoms with E-state index >= 15 is 0 Å². The number of rotatable bonds is 9. The lowest BCUT2D eigenvalue weighted by molar-refractivity contribution is -0.140. The fourth-order valence-corrected chi connectivity index (χ4v) is 8.73. The predicted octanol–water partition coefficient (Wildman–Crippen LogP) is 6.68. The molecule has 0 saturated carbocycles. The van der Waals surface area contributed by atoms with Crippen LogP contribution in [-0.4, -0.2) is 19.0 Å². The fraction of sp³-hybridized carbons (Fsp3) is 0.367. The van der Waals surface area contributed by atoms with Crippen LogP contribution in [0.1, 0.15) is 43.0 Å². The van der Waals surface area contributed by atoms with Crippen LogP contribution in [0.5, 0.6) is 5.75 Å². The molecule has 0 bridgehead atoms. The maximum atomic E-state index is 14.0. The Bertz CT molecular complexity index is 1170. The summed E-state index contributed by atoms with van der Waals surface area (Å²) in [4.78, 5) is 14.7. The van der Waals surface area contributed by atoms with Gasteiger partial charge >= 0.3 is 5.97 Å². The van der Waals surface area contributed by atoms with Gasteiger partial charge in [0.2, 0.25) is 0 Å². The van der Waals surface area contributed by atoms with Crippen molar-refractivity contribution in [2.45, 2.75) is 62.8 Å². The van der Waals surface area contributed by atoms with E-state index in [9.17, 15) is 13.2 Å². The molecule has 0 aliphatic rings. The van der Waals surface area contributed by atoms with Crippen LogP contribution in [-0.2, 0) is 26.4 Å². The molecule has 0 amide bonds. The average molecular weight is 525 g/mol. The number of benzene rings is 3. The second-order valence-electron chi connectivity index (χ2n) is 9.84. The maximum Gasteiger partial charge on any atom is 0.314 e. The average Bonchev–Trinajstić information content (AvgIpc) is 2.84. The molecule has 192 valence electrons. The first-order valence-electron chi connectivity index (χ1n) is 12.2. The molecule has 0 aromatic heterocycles. The Morgan fingerprint density at radius 1 is 0.694 bits per heavy atom. The molecule has 0 radical (unpaired) electrons. The third-order valence-electron chi connectivity index (χ3n) is 6.57. The van der Waals surface area contributed by atoms with E-state index in [0.717, 1.165) is 22.3 Å². The molecule has 36 heavy (non-hydrogen) atoms. The number of para-hydroxylation sites is 1. The summed E-state index contributed by atoms with van der Waals surface area (Å²) in [5.41, 5.74) is 3.86. The summed E-state index contributed by atoms with van der Waals surface area (Å²) in [7, 11) is -3.23. The number of carbonyl (C=O) groups excluding carboxylic acids is 1. The van der Waals surface area contributed by atoms with E-state index in [4.69, 9.17) is 4.74 Å². The van der Waals surface area contributed by atoms with Crippen molar-refractivity contribution in [1.82, 2.24) is 0 Å². The second kappa shape index (κ2) is 12.1. The van der Waals surface area contributed by atoms with Gasteiger partial charge in [0.25, 0.3) is 0 Å². The Balaban J connectivity index is 2.04. The van der Waals surface area contributed by atoms with Crippen LogP contribution < -0.4 is 4.74 Å². The van der Waals surface area contributed by atoms with Gasteiger partial charge in [-0.15, -0.1) is 0 Å². The van der Waals surface area contributed by atoms with Gasteiger partial charge in [0.15, 0.2) is 0 Å². The third-order valence-corrected chi connectivity index (χ3v) is 10.6. The number of hydrogen-bond donors (Lipinski definition) is 0. The van der Waals surface area contributed by atoms with Gasteiger partial charge in [0.05, 0.1) is 27.5 Å². The van der Waals surface area contributed by atoms with E-state index in [1.165, 1.54) is 0 Å². The molecule has 0 spiro atoms. The van der Waals surface area contributed by atoms with E-state index < -0.39 is 44.0 Å². The lowest BCUT2D eigenvalue weighted by Crippen LogP contribution is -2.41. The molecular weight excluding hydrogens is 488 g/mol. The van der Waals surface area contributed by atoms with Crippen molar-refractivity contribution < 1.29 is 17.9 Å².